The highest BCUT2D eigenvalue weighted by Gasteiger charge is 2.68. The van der Waals surface area contributed by atoms with Crippen LogP contribution < -0.4 is 0 Å². The summed E-state index contributed by atoms with van der Waals surface area (Å²) in [6.45, 7) is 7.64. The zero-order chi connectivity index (χ0) is 24.8. The number of fused-ring (bicyclic) bond motifs is 3. The van der Waals surface area contributed by atoms with Crippen molar-refractivity contribution in [2.75, 3.05) is 6.61 Å². The first-order valence-corrected chi connectivity index (χ1v) is 12.5. The molecule has 3 saturated carbocycles. The van der Waals surface area contributed by atoms with E-state index in [1.165, 1.54) is 0 Å². The van der Waals surface area contributed by atoms with E-state index in [9.17, 15) is 30.0 Å². The fourth-order valence-electron chi connectivity index (χ4n) is 8.52. The van der Waals surface area contributed by atoms with Crippen molar-refractivity contribution in [3.8, 4) is 0 Å². The van der Waals surface area contributed by atoms with Crippen LogP contribution in [0.3, 0.4) is 0 Å². The van der Waals surface area contributed by atoms with Gasteiger partial charge in [0.25, 0.3) is 0 Å². The molecule has 11 unspecified atom stereocenters. The Morgan fingerprint density at radius 3 is 2.41 bits per heavy atom. The maximum absolute atomic E-state index is 13.6. The van der Waals surface area contributed by atoms with E-state index in [4.69, 9.17) is 9.47 Å². The molecule has 11 atom stereocenters. The van der Waals surface area contributed by atoms with Crippen LogP contribution in [0.15, 0.2) is 12.2 Å². The Kier molecular flexibility index (Phi) is 5.53. The normalized spacial score (nSPS) is 54.0. The molecule has 190 valence electrons. The van der Waals surface area contributed by atoms with E-state index in [1.54, 1.807) is 0 Å². The molecule has 0 aromatic rings. The molecule has 0 aromatic carbocycles. The van der Waals surface area contributed by atoms with Gasteiger partial charge >= 0.3 is 0 Å². The average molecular weight is 479 g/mol. The minimum absolute atomic E-state index is 0.0464. The van der Waals surface area contributed by atoms with E-state index in [2.05, 4.69) is 19.1 Å². The van der Waals surface area contributed by atoms with Crippen LogP contribution in [0.25, 0.3) is 0 Å². The third-order valence-electron chi connectivity index (χ3n) is 10.2. The van der Waals surface area contributed by atoms with Crippen molar-refractivity contribution in [1.29, 1.82) is 0 Å². The quantitative estimate of drug-likeness (QED) is 0.350. The van der Waals surface area contributed by atoms with Gasteiger partial charge < -0.3 is 29.9 Å². The van der Waals surface area contributed by atoms with E-state index in [1.807, 2.05) is 20.8 Å². The SMILES string of the molecule is CC12C=CC3(CCC4C(C)(C)C(OC5OC(CO)C(O)C(O)C5O)C(=O)CC4(C)C3CC1=O)C2. The highest BCUT2D eigenvalue weighted by molar-refractivity contribution is 5.90. The minimum Gasteiger partial charge on any atom is -0.394 e. The Bertz CT molecular complexity index is 912. The number of hydrogen-bond donors (Lipinski definition) is 4. The van der Waals surface area contributed by atoms with E-state index in [0.29, 0.717) is 6.42 Å². The Balaban J connectivity index is 1.43. The van der Waals surface area contributed by atoms with Crippen LogP contribution in [0.2, 0.25) is 0 Å². The summed E-state index contributed by atoms with van der Waals surface area (Å²) < 4.78 is 11.6. The number of allylic oxidation sites excluding steroid dienone is 2. The van der Waals surface area contributed by atoms with Crippen LogP contribution in [0.5, 0.6) is 0 Å². The van der Waals surface area contributed by atoms with Crippen molar-refractivity contribution in [2.45, 2.75) is 96.6 Å². The first kappa shape index (κ1) is 24.5. The molecule has 34 heavy (non-hydrogen) atoms. The number of carbonyl (C=O) groups excluding carboxylic acids is 2. The molecule has 4 aliphatic carbocycles. The fraction of sp³-hybridized carbons (Fsp3) is 0.846. The third kappa shape index (κ3) is 3.19. The van der Waals surface area contributed by atoms with Gasteiger partial charge in [0.1, 0.15) is 36.3 Å². The van der Waals surface area contributed by atoms with Gasteiger partial charge in [-0.15, -0.1) is 0 Å². The summed E-state index contributed by atoms with van der Waals surface area (Å²) in [6.07, 6.45) is -0.130. The van der Waals surface area contributed by atoms with Gasteiger partial charge in [0, 0.05) is 23.7 Å². The molecule has 2 bridgehead atoms. The van der Waals surface area contributed by atoms with Crippen LogP contribution in [0.1, 0.15) is 59.8 Å². The number of ether oxygens (including phenoxy) is 2. The lowest BCUT2D eigenvalue weighted by atomic mass is 9.40. The molecule has 1 heterocycles. The summed E-state index contributed by atoms with van der Waals surface area (Å²) in [7, 11) is 0. The summed E-state index contributed by atoms with van der Waals surface area (Å²) >= 11 is 0. The Morgan fingerprint density at radius 1 is 1.03 bits per heavy atom. The van der Waals surface area contributed by atoms with Crippen LogP contribution in [-0.4, -0.2) is 75.4 Å². The lowest BCUT2D eigenvalue weighted by Gasteiger charge is -2.64. The summed E-state index contributed by atoms with van der Waals surface area (Å²) in [4.78, 5) is 26.7. The van der Waals surface area contributed by atoms with E-state index >= 15 is 0 Å². The number of rotatable bonds is 3. The van der Waals surface area contributed by atoms with Crippen molar-refractivity contribution in [3.63, 3.8) is 0 Å². The predicted octanol–water partition coefficient (Wildman–Crippen LogP) is 1.13. The molecule has 1 spiro atoms. The molecule has 4 N–H and O–H groups in total. The highest BCUT2D eigenvalue weighted by Crippen LogP contribution is 2.70. The first-order valence-electron chi connectivity index (χ1n) is 12.5. The second-order valence-corrected chi connectivity index (χ2v) is 12.6. The van der Waals surface area contributed by atoms with Gasteiger partial charge in [-0.05, 0) is 48.9 Å². The van der Waals surface area contributed by atoms with Gasteiger partial charge in [-0.2, -0.15) is 0 Å². The number of carbonyl (C=O) groups is 2. The Morgan fingerprint density at radius 2 is 1.74 bits per heavy atom. The highest BCUT2D eigenvalue weighted by atomic mass is 16.7. The smallest absolute Gasteiger partial charge is 0.187 e. The number of aliphatic hydroxyl groups is 4. The van der Waals surface area contributed by atoms with Crippen molar-refractivity contribution < 1.29 is 39.5 Å². The van der Waals surface area contributed by atoms with Crippen molar-refractivity contribution in [2.24, 2.45) is 33.5 Å². The van der Waals surface area contributed by atoms with Crippen molar-refractivity contribution >= 4 is 11.6 Å². The summed E-state index contributed by atoms with van der Waals surface area (Å²) in [6, 6.07) is 0. The Labute approximate surface area is 200 Å². The monoisotopic (exact) mass is 478 g/mol. The molecule has 5 rings (SSSR count). The molecular formula is C26H38O8. The molecule has 0 amide bonds. The number of ketones is 2. The van der Waals surface area contributed by atoms with E-state index < -0.39 is 48.8 Å². The van der Waals surface area contributed by atoms with Crippen LogP contribution in [0.4, 0.5) is 0 Å². The first-order chi connectivity index (χ1) is 15.8. The zero-order valence-electron chi connectivity index (χ0n) is 20.4. The molecule has 8 nitrogen and oxygen atoms in total. The van der Waals surface area contributed by atoms with Gasteiger partial charge in [0.05, 0.1) is 6.61 Å². The number of aliphatic hydroxyl groups excluding tert-OH is 4. The van der Waals surface area contributed by atoms with Gasteiger partial charge in [0.15, 0.2) is 12.1 Å². The standard InChI is InChI=1S/C26H38O8/c1-23(2)15-5-6-26-8-7-24(3,12-26)17(29)9-16(26)25(15,4)10-13(28)21(23)34-22-20(32)19(31)18(30)14(11-27)33-22/h7-8,14-16,18-22,27,30-32H,5-6,9-12H2,1-4H3. The maximum Gasteiger partial charge on any atom is 0.187 e. The summed E-state index contributed by atoms with van der Waals surface area (Å²) in [5.74, 6) is 0.345. The summed E-state index contributed by atoms with van der Waals surface area (Å²) in [5.41, 5.74) is -1.41. The van der Waals surface area contributed by atoms with Crippen LogP contribution in [-0.2, 0) is 19.1 Å². The molecule has 5 aliphatic rings. The fourth-order valence-corrected chi connectivity index (χ4v) is 8.52. The maximum atomic E-state index is 13.6. The van der Waals surface area contributed by atoms with E-state index in [-0.39, 0.29) is 46.1 Å². The second-order valence-electron chi connectivity index (χ2n) is 12.6. The van der Waals surface area contributed by atoms with Crippen molar-refractivity contribution in [1.82, 2.24) is 0 Å². The van der Waals surface area contributed by atoms with Crippen LogP contribution >= 0.6 is 0 Å². The Hall–Kier alpha value is -1.16. The molecule has 1 saturated heterocycles. The third-order valence-corrected chi connectivity index (χ3v) is 10.2. The summed E-state index contributed by atoms with van der Waals surface area (Å²) in [5, 5.41) is 40.2. The molecule has 4 fully saturated rings. The molecular weight excluding hydrogens is 440 g/mol. The zero-order valence-corrected chi connectivity index (χ0v) is 20.4. The number of hydrogen-bond acceptors (Lipinski definition) is 8. The molecule has 0 aromatic heterocycles. The molecule has 8 heteroatoms. The second kappa shape index (κ2) is 7.67. The largest absolute Gasteiger partial charge is 0.394 e. The minimum atomic E-state index is -1.56. The number of Topliss-reactive ketones (excluding diaryl/α,β-unsaturated/α-hetero) is 2. The lowest BCUT2D eigenvalue weighted by molar-refractivity contribution is -0.321. The molecule has 0 radical (unpaired) electrons. The van der Waals surface area contributed by atoms with Crippen LogP contribution in [0, 0.1) is 33.5 Å². The topological polar surface area (TPSA) is 134 Å². The van der Waals surface area contributed by atoms with Gasteiger partial charge in [-0.1, -0.05) is 32.9 Å². The lowest BCUT2D eigenvalue weighted by Crippen LogP contribution is -2.65. The van der Waals surface area contributed by atoms with Crippen molar-refractivity contribution in [3.05, 3.63) is 12.2 Å². The van der Waals surface area contributed by atoms with Gasteiger partial charge in [0.2, 0.25) is 0 Å². The predicted molar refractivity (Wildman–Crippen MR) is 120 cm³/mol. The van der Waals surface area contributed by atoms with Gasteiger partial charge in [-0.25, -0.2) is 0 Å². The molecule has 1 aliphatic heterocycles. The van der Waals surface area contributed by atoms with Gasteiger partial charge in [-0.3, -0.25) is 9.59 Å². The average Bonchev–Trinajstić information content (AvgIpc) is 3.06. The van der Waals surface area contributed by atoms with E-state index in [0.717, 1.165) is 19.3 Å².